The Kier molecular flexibility index (Phi) is 2.53. The monoisotopic (exact) mass is 165 g/mol. The summed E-state index contributed by atoms with van der Waals surface area (Å²) in [6.45, 7) is 3.59. The van der Waals surface area contributed by atoms with Gasteiger partial charge < -0.3 is 0 Å². The minimum Gasteiger partial charge on any atom is -0.294 e. The molecule has 0 aliphatic heterocycles. The van der Waals surface area contributed by atoms with Gasteiger partial charge in [-0.25, -0.2) is 0 Å². The number of nitrogens with zero attached hydrogens (tertiary/aromatic N) is 1. The van der Waals surface area contributed by atoms with Gasteiger partial charge in [0.2, 0.25) is 0 Å². The van der Waals surface area contributed by atoms with Crippen molar-refractivity contribution >= 4 is 5.78 Å². The predicted octanol–water partition coefficient (Wildman–Crippen LogP) is 2.19. The maximum atomic E-state index is 11.4. The van der Waals surface area contributed by atoms with Crippen molar-refractivity contribution in [2.45, 2.75) is 20.3 Å². The molecule has 0 aromatic heterocycles. The van der Waals surface area contributed by atoms with Gasteiger partial charge in [0.05, 0.1) is 0 Å². The number of Topliss-reactive ketones (excluding diaryl/α,β-unsaturated/α-hetero) is 1. The Bertz CT molecular complexity index is 276. The number of carbonyl (C=O) groups excluding carboxylic acids is 1. The number of nitroso groups, excluding NO2 is 1. The van der Waals surface area contributed by atoms with E-state index in [0.29, 0.717) is 5.57 Å². The lowest BCUT2D eigenvalue weighted by Gasteiger charge is -2.13. The summed E-state index contributed by atoms with van der Waals surface area (Å²) in [6.07, 6.45) is 4.14. The van der Waals surface area contributed by atoms with Gasteiger partial charge >= 0.3 is 0 Å². The molecule has 3 heteroatoms. The molecule has 0 N–H and O–H groups in total. The van der Waals surface area contributed by atoms with Gasteiger partial charge in [-0.3, -0.25) is 4.79 Å². The minimum atomic E-state index is -0.0597. The van der Waals surface area contributed by atoms with E-state index in [1.807, 2.05) is 6.92 Å². The summed E-state index contributed by atoms with van der Waals surface area (Å²) in [5, 5.41) is 2.77. The average Bonchev–Trinajstić information content (AvgIpc) is 2.10. The van der Waals surface area contributed by atoms with Crippen LogP contribution in [0, 0.1) is 10.8 Å². The maximum Gasteiger partial charge on any atom is 0.167 e. The molecule has 1 unspecified atom stereocenters. The molecule has 0 aromatic rings. The normalized spacial score (nSPS) is 23.2. The Labute approximate surface area is 71.1 Å². The van der Waals surface area contributed by atoms with Crippen molar-refractivity contribution in [3.05, 3.63) is 28.3 Å². The second-order valence-electron chi connectivity index (χ2n) is 2.84. The molecule has 0 spiro atoms. The topological polar surface area (TPSA) is 46.5 Å². The Balaban J connectivity index is 2.98. The molecule has 0 radical (unpaired) electrons. The van der Waals surface area contributed by atoms with Gasteiger partial charge in [-0.2, -0.15) is 0 Å². The van der Waals surface area contributed by atoms with E-state index in [-0.39, 0.29) is 17.4 Å². The van der Waals surface area contributed by atoms with Gasteiger partial charge in [0, 0.05) is 11.5 Å². The molecule has 0 amide bonds. The van der Waals surface area contributed by atoms with Crippen LogP contribution in [0.4, 0.5) is 0 Å². The summed E-state index contributed by atoms with van der Waals surface area (Å²) in [5.41, 5.74) is 0.754. The SMILES string of the molecule is CCC1C=CC(N=O)=C(C)C1=O. The molecule has 0 saturated heterocycles. The average molecular weight is 165 g/mol. The first kappa shape index (κ1) is 8.84. The number of rotatable bonds is 2. The molecule has 1 rings (SSSR count). The third kappa shape index (κ3) is 1.35. The largest absolute Gasteiger partial charge is 0.294 e. The van der Waals surface area contributed by atoms with Gasteiger partial charge in [-0.15, -0.1) is 4.91 Å². The van der Waals surface area contributed by atoms with E-state index in [9.17, 15) is 9.70 Å². The van der Waals surface area contributed by atoms with Gasteiger partial charge in [0.25, 0.3) is 0 Å². The van der Waals surface area contributed by atoms with Crippen LogP contribution in [0.3, 0.4) is 0 Å². The van der Waals surface area contributed by atoms with Crippen molar-refractivity contribution in [1.29, 1.82) is 0 Å². The molecule has 3 nitrogen and oxygen atoms in total. The highest BCUT2D eigenvalue weighted by Crippen LogP contribution is 2.22. The van der Waals surface area contributed by atoms with E-state index in [1.165, 1.54) is 0 Å². The highest BCUT2D eigenvalue weighted by Gasteiger charge is 2.21. The van der Waals surface area contributed by atoms with Crippen molar-refractivity contribution in [2.75, 3.05) is 0 Å². The highest BCUT2D eigenvalue weighted by atomic mass is 16.3. The smallest absolute Gasteiger partial charge is 0.167 e. The third-order valence-corrected chi connectivity index (χ3v) is 2.12. The highest BCUT2D eigenvalue weighted by molar-refractivity contribution is 5.99. The molecule has 0 heterocycles. The molecular formula is C9H11NO2. The van der Waals surface area contributed by atoms with E-state index in [1.54, 1.807) is 19.1 Å². The molecule has 1 aliphatic carbocycles. The van der Waals surface area contributed by atoms with Crippen molar-refractivity contribution in [2.24, 2.45) is 11.1 Å². The lowest BCUT2D eigenvalue weighted by Crippen LogP contribution is -2.16. The number of hydrogen-bond donors (Lipinski definition) is 0. The van der Waals surface area contributed by atoms with Crippen LogP contribution < -0.4 is 0 Å². The summed E-state index contributed by atoms with van der Waals surface area (Å²) in [5.74, 6) is -0.0369. The fourth-order valence-electron chi connectivity index (χ4n) is 1.24. The standard InChI is InChI=1S/C9H11NO2/c1-3-7-4-5-8(10-12)6(2)9(7)11/h4-5,7H,3H2,1-2H3. The summed E-state index contributed by atoms with van der Waals surface area (Å²) in [7, 11) is 0. The van der Waals surface area contributed by atoms with Crippen LogP contribution in [0.2, 0.25) is 0 Å². The quantitative estimate of drug-likeness (QED) is 0.589. The first-order valence-corrected chi connectivity index (χ1v) is 3.97. The molecule has 64 valence electrons. The number of ketones is 1. The Hall–Kier alpha value is -1.25. The van der Waals surface area contributed by atoms with Crippen LogP contribution in [0.1, 0.15) is 20.3 Å². The maximum absolute atomic E-state index is 11.4. The number of carbonyl (C=O) groups is 1. The van der Waals surface area contributed by atoms with Gasteiger partial charge in [-0.1, -0.05) is 13.0 Å². The Morgan fingerprint density at radius 1 is 1.58 bits per heavy atom. The summed E-state index contributed by atoms with van der Waals surface area (Å²) < 4.78 is 0. The first-order chi connectivity index (χ1) is 5.70. The van der Waals surface area contributed by atoms with Crippen LogP contribution in [0.25, 0.3) is 0 Å². The van der Waals surface area contributed by atoms with Crippen LogP contribution >= 0.6 is 0 Å². The van der Waals surface area contributed by atoms with Crippen LogP contribution in [0.15, 0.2) is 28.6 Å². The molecular weight excluding hydrogens is 154 g/mol. The third-order valence-electron chi connectivity index (χ3n) is 2.12. The molecule has 1 aliphatic rings. The molecule has 1 atom stereocenters. The van der Waals surface area contributed by atoms with Gasteiger partial charge in [0.1, 0.15) is 5.70 Å². The van der Waals surface area contributed by atoms with Crippen molar-refractivity contribution in [3.8, 4) is 0 Å². The molecule has 0 fully saturated rings. The van der Waals surface area contributed by atoms with Crippen molar-refractivity contribution < 1.29 is 4.79 Å². The molecule has 0 aromatic carbocycles. The zero-order chi connectivity index (χ0) is 9.14. The van der Waals surface area contributed by atoms with Gasteiger partial charge in [-0.05, 0) is 24.6 Å². The van der Waals surface area contributed by atoms with E-state index < -0.39 is 0 Å². The van der Waals surface area contributed by atoms with Crippen molar-refractivity contribution in [1.82, 2.24) is 0 Å². The molecule has 0 bridgehead atoms. The number of hydrogen-bond acceptors (Lipinski definition) is 3. The summed E-state index contributed by atoms with van der Waals surface area (Å²) >= 11 is 0. The lowest BCUT2D eigenvalue weighted by atomic mass is 9.90. The van der Waals surface area contributed by atoms with Crippen LogP contribution in [-0.4, -0.2) is 5.78 Å². The Morgan fingerprint density at radius 2 is 2.25 bits per heavy atom. The number of allylic oxidation sites excluding steroid dienone is 3. The molecule has 0 saturated carbocycles. The summed E-state index contributed by atoms with van der Waals surface area (Å²) in [4.78, 5) is 21.6. The summed E-state index contributed by atoms with van der Waals surface area (Å²) in [6, 6.07) is 0. The fraction of sp³-hybridized carbons (Fsp3) is 0.444. The Morgan fingerprint density at radius 3 is 2.75 bits per heavy atom. The van der Waals surface area contributed by atoms with Crippen LogP contribution in [0.5, 0.6) is 0 Å². The zero-order valence-electron chi connectivity index (χ0n) is 7.20. The zero-order valence-corrected chi connectivity index (χ0v) is 7.20. The molecule has 12 heavy (non-hydrogen) atoms. The predicted molar refractivity (Wildman–Crippen MR) is 46.4 cm³/mol. The second kappa shape index (κ2) is 3.43. The van der Waals surface area contributed by atoms with Crippen molar-refractivity contribution in [3.63, 3.8) is 0 Å². The van der Waals surface area contributed by atoms with E-state index in [0.717, 1.165) is 6.42 Å². The van der Waals surface area contributed by atoms with Gasteiger partial charge in [0.15, 0.2) is 5.78 Å². The first-order valence-electron chi connectivity index (χ1n) is 3.97. The lowest BCUT2D eigenvalue weighted by molar-refractivity contribution is -0.118. The van der Waals surface area contributed by atoms with E-state index in [2.05, 4.69) is 5.18 Å². The van der Waals surface area contributed by atoms with Crippen LogP contribution in [-0.2, 0) is 4.79 Å². The van der Waals surface area contributed by atoms with E-state index >= 15 is 0 Å². The minimum absolute atomic E-state index is 0.0228. The fourth-order valence-corrected chi connectivity index (χ4v) is 1.24. The second-order valence-corrected chi connectivity index (χ2v) is 2.84. The van der Waals surface area contributed by atoms with E-state index in [4.69, 9.17) is 0 Å².